The summed E-state index contributed by atoms with van der Waals surface area (Å²) in [6, 6.07) is 13.0. The average Bonchev–Trinajstić information content (AvgIpc) is 3.01. The maximum atomic E-state index is 14.1. The molecule has 3 rings (SSSR count). The van der Waals surface area contributed by atoms with E-state index in [1.807, 2.05) is 31.2 Å². The zero-order chi connectivity index (χ0) is 21.8. The van der Waals surface area contributed by atoms with Gasteiger partial charge in [-0.15, -0.1) is 0 Å². The molecule has 0 aliphatic carbocycles. The molecule has 0 radical (unpaired) electrons. The van der Waals surface area contributed by atoms with Crippen LogP contribution in [0, 0.1) is 18.7 Å². The minimum absolute atomic E-state index is 0.112. The predicted octanol–water partition coefficient (Wildman–Crippen LogP) is 6.58. The Morgan fingerprint density at radius 3 is 2.57 bits per heavy atom. The molecule has 0 spiro atoms. The number of rotatable bonds is 8. The molecule has 0 unspecified atom stereocenters. The Balaban J connectivity index is 1.81. The van der Waals surface area contributed by atoms with E-state index in [4.69, 9.17) is 0 Å². The number of fused-ring (bicyclic) bond motifs is 1. The number of unbranched alkanes of at least 4 members (excludes halogenated alkanes) is 1. The molecule has 0 saturated carbocycles. The fraction of sp³-hybridized carbons (Fsp3) is 0.423. The smallest absolute Gasteiger partial charge is 0.251 e. The Morgan fingerprint density at radius 2 is 1.87 bits per heavy atom. The lowest BCUT2D eigenvalue weighted by atomic mass is 10.0. The van der Waals surface area contributed by atoms with Crippen LogP contribution in [0.2, 0.25) is 0 Å². The number of aromatic nitrogens is 1. The topological polar surface area (TPSA) is 34.0 Å². The molecule has 1 atom stereocenters. The van der Waals surface area contributed by atoms with Crippen LogP contribution in [-0.4, -0.2) is 10.5 Å². The zero-order valence-electron chi connectivity index (χ0n) is 18.8. The minimum atomic E-state index is -0.196. The third-order valence-corrected chi connectivity index (χ3v) is 5.64. The Bertz CT molecular complexity index is 1030. The number of hydrogen-bond acceptors (Lipinski definition) is 1. The molecular weight excluding hydrogens is 375 g/mol. The van der Waals surface area contributed by atoms with Crippen molar-refractivity contribution in [3.8, 4) is 0 Å². The maximum absolute atomic E-state index is 14.1. The Labute approximate surface area is 179 Å². The fourth-order valence-electron chi connectivity index (χ4n) is 3.93. The highest BCUT2D eigenvalue weighted by atomic mass is 19.1. The van der Waals surface area contributed by atoms with Gasteiger partial charge < -0.3 is 9.88 Å². The zero-order valence-corrected chi connectivity index (χ0v) is 18.8. The first-order chi connectivity index (χ1) is 14.3. The van der Waals surface area contributed by atoms with Crippen molar-refractivity contribution >= 4 is 16.8 Å². The first kappa shape index (κ1) is 22.1. The summed E-state index contributed by atoms with van der Waals surface area (Å²) in [6.45, 7) is 11.5. The van der Waals surface area contributed by atoms with Gasteiger partial charge in [-0.25, -0.2) is 4.39 Å². The third kappa shape index (κ3) is 4.92. The molecule has 1 amide bonds. The second-order valence-corrected chi connectivity index (χ2v) is 8.71. The molecule has 0 saturated heterocycles. The minimum Gasteiger partial charge on any atom is -0.346 e. The van der Waals surface area contributed by atoms with E-state index >= 15 is 0 Å². The van der Waals surface area contributed by atoms with Crippen molar-refractivity contribution in [2.45, 2.75) is 66.5 Å². The quantitative estimate of drug-likeness (QED) is 0.449. The number of carbonyl (C=O) groups is 1. The van der Waals surface area contributed by atoms with Crippen LogP contribution in [0.15, 0.2) is 42.5 Å². The number of benzene rings is 2. The summed E-state index contributed by atoms with van der Waals surface area (Å²) in [5.41, 5.74) is 4.58. The molecule has 30 heavy (non-hydrogen) atoms. The molecule has 1 heterocycles. The van der Waals surface area contributed by atoms with Crippen molar-refractivity contribution in [2.75, 3.05) is 0 Å². The summed E-state index contributed by atoms with van der Waals surface area (Å²) in [4.78, 5) is 12.9. The standard InChI is InChI=1S/C26H33FN2O/c1-6-7-8-21-14-20(11-12-24(21)27)19(5)28-26(30)23-10-9-22-13-18(4)29(16-17(2)3)25(22)15-23/h9-15,17,19H,6-8,16H2,1-5H3,(H,28,30)/t19-/m0/s1. The molecule has 1 N–H and O–H groups in total. The second-order valence-electron chi connectivity index (χ2n) is 8.71. The average molecular weight is 409 g/mol. The third-order valence-electron chi connectivity index (χ3n) is 5.64. The van der Waals surface area contributed by atoms with E-state index < -0.39 is 0 Å². The van der Waals surface area contributed by atoms with Crippen molar-refractivity contribution < 1.29 is 9.18 Å². The van der Waals surface area contributed by atoms with Crippen LogP contribution in [0.3, 0.4) is 0 Å². The number of hydrogen-bond donors (Lipinski definition) is 1. The van der Waals surface area contributed by atoms with Gasteiger partial charge in [-0.2, -0.15) is 0 Å². The summed E-state index contributed by atoms with van der Waals surface area (Å²) in [5, 5.41) is 4.23. The monoisotopic (exact) mass is 408 g/mol. The largest absolute Gasteiger partial charge is 0.346 e. The van der Waals surface area contributed by atoms with E-state index in [2.05, 4.69) is 43.6 Å². The lowest BCUT2D eigenvalue weighted by molar-refractivity contribution is 0.0940. The molecule has 0 aliphatic heterocycles. The van der Waals surface area contributed by atoms with Gasteiger partial charge in [0.1, 0.15) is 5.82 Å². The van der Waals surface area contributed by atoms with Gasteiger partial charge in [-0.05, 0) is 73.4 Å². The highest BCUT2D eigenvalue weighted by Crippen LogP contribution is 2.24. The van der Waals surface area contributed by atoms with Crippen LogP contribution in [0.25, 0.3) is 10.9 Å². The number of nitrogens with zero attached hydrogens (tertiary/aromatic N) is 1. The molecule has 0 fully saturated rings. The summed E-state index contributed by atoms with van der Waals surface area (Å²) >= 11 is 0. The van der Waals surface area contributed by atoms with Crippen molar-refractivity contribution in [1.29, 1.82) is 0 Å². The second kappa shape index (κ2) is 9.46. The lowest BCUT2D eigenvalue weighted by Crippen LogP contribution is -2.26. The van der Waals surface area contributed by atoms with Crippen LogP contribution in [-0.2, 0) is 13.0 Å². The van der Waals surface area contributed by atoms with Crippen molar-refractivity contribution in [3.63, 3.8) is 0 Å². The van der Waals surface area contributed by atoms with E-state index in [1.54, 1.807) is 6.07 Å². The summed E-state index contributed by atoms with van der Waals surface area (Å²) in [5.74, 6) is 0.244. The molecule has 0 aliphatic rings. The molecule has 4 heteroatoms. The summed E-state index contributed by atoms with van der Waals surface area (Å²) < 4.78 is 16.4. The first-order valence-corrected chi connectivity index (χ1v) is 11.0. The molecule has 3 aromatic rings. The number of nitrogens with one attached hydrogen (secondary N) is 1. The van der Waals surface area contributed by atoms with Gasteiger partial charge in [0, 0.05) is 23.3 Å². The Hall–Kier alpha value is -2.62. The molecular formula is C26H33FN2O. The molecule has 0 bridgehead atoms. The predicted molar refractivity (Wildman–Crippen MR) is 122 cm³/mol. The highest BCUT2D eigenvalue weighted by molar-refractivity contribution is 5.98. The van der Waals surface area contributed by atoms with E-state index in [-0.39, 0.29) is 17.8 Å². The number of carbonyl (C=O) groups excluding carboxylic acids is 1. The van der Waals surface area contributed by atoms with Gasteiger partial charge in [-0.3, -0.25) is 4.79 Å². The number of halogens is 1. The molecule has 2 aromatic carbocycles. The number of amides is 1. The summed E-state index contributed by atoms with van der Waals surface area (Å²) in [7, 11) is 0. The van der Waals surface area contributed by atoms with Crippen molar-refractivity contribution in [3.05, 3.63) is 70.7 Å². The van der Waals surface area contributed by atoms with Gasteiger partial charge in [0.2, 0.25) is 0 Å². The maximum Gasteiger partial charge on any atom is 0.251 e. The molecule has 160 valence electrons. The van der Waals surface area contributed by atoms with Crippen LogP contribution in [0.4, 0.5) is 4.39 Å². The summed E-state index contributed by atoms with van der Waals surface area (Å²) in [6.07, 6.45) is 2.70. The first-order valence-electron chi connectivity index (χ1n) is 11.0. The van der Waals surface area contributed by atoms with Gasteiger partial charge in [-0.1, -0.05) is 45.4 Å². The van der Waals surface area contributed by atoms with Crippen LogP contribution in [0.5, 0.6) is 0 Å². The van der Waals surface area contributed by atoms with Gasteiger partial charge in [0.05, 0.1) is 6.04 Å². The normalized spacial score (nSPS) is 12.5. The van der Waals surface area contributed by atoms with Crippen LogP contribution >= 0.6 is 0 Å². The number of aryl methyl sites for hydroxylation is 2. The van der Waals surface area contributed by atoms with Crippen LogP contribution in [0.1, 0.15) is 73.8 Å². The molecule has 1 aromatic heterocycles. The van der Waals surface area contributed by atoms with Crippen LogP contribution < -0.4 is 5.32 Å². The fourth-order valence-corrected chi connectivity index (χ4v) is 3.93. The van der Waals surface area contributed by atoms with Gasteiger partial charge >= 0.3 is 0 Å². The van der Waals surface area contributed by atoms with E-state index in [1.165, 1.54) is 11.8 Å². The van der Waals surface area contributed by atoms with Gasteiger partial charge in [0.15, 0.2) is 0 Å². The molecule has 3 nitrogen and oxygen atoms in total. The Kier molecular flexibility index (Phi) is 6.96. The van der Waals surface area contributed by atoms with Crippen molar-refractivity contribution in [1.82, 2.24) is 9.88 Å². The van der Waals surface area contributed by atoms with Gasteiger partial charge in [0.25, 0.3) is 5.91 Å². The Morgan fingerprint density at radius 1 is 1.10 bits per heavy atom. The highest BCUT2D eigenvalue weighted by Gasteiger charge is 2.15. The van der Waals surface area contributed by atoms with Crippen molar-refractivity contribution in [2.24, 2.45) is 5.92 Å². The van der Waals surface area contributed by atoms with E-state index in [9.17, 15) is 9.18 Å². The van der Waals surface area contributed by atoms with E-state index in [0.29, 0.717) is 11.5 Å². The lowest BCUT2D eigenvalue weighted by Gasteiger charge is -2.16. The SMILES string of the molecule is CCCCc1cc([C@H](C)NC(=O)c2ccc3cc(C)n(CC(C)C)c3c2)ccc1F. The van der Waals surface area contributed by atoms with E-state index in [0.717, 1.165) is 47.8 Å².